The van der Waals surface area contributed by atoms with Crippen LogP contribution in [-0.4, -0.2) is 24.3 Å². The van der Waals surface area contributed by atoms with E-state index in [4.69, 9.17) is 9.47 Å². The zero-order valence-electron chi connectivity index (χ0n) is 12.1. The lowest BCUT2D eigenvalue weighted by Gasteiger charge is -2.71. The molecule has 5 atom stereocenters. The topological polar surface area (TPSA) is 35.5 Å². The van der Waals surface area contributed by atoms with Gasteiger partial charge in [-0.2, -0.15) is 0 Å². The molecule has 4 aliphatic carbocycles. The van der Waals surface area contributed by atoms with Gasteiger partial charge in [0.1, 0.15) is 5.60 Å². The fraction of sp³-hybridized carbons (Fsp3) is 0.824. The van der Waals surface area contributed by atoms with E-state index in [1.165, 1.54) is 44.6 Å². The highest BCUT2D eigenvalue weighted by atomic mass is 16.6. The SMILES string of the molecule is C=CC(=O)OC12C3CCCC4(CCCCC41)C2CCO3. The van der Waals surface area contributed by atoms with E-state index >= 15 is 0 Å². The van der Waals surface area contributed by atoms with E-state index in [0.29, 0.717) is 17.3 Å². The predicted octanol–water partition coefficient (Wildman–Crippen LogP) is 3.23. The lowest BCUT2D eigenvalue weighted by atomic mass is 9.38. The number of carbonyl (C=O) groups is 1. The molecule has 3 heteroatoms. The second-order valence-electron chi connectivity index (χ2n) is 7.10. The van der Waals surface area contributed by atoms with E-state index in [9.17, 15) is 4.79 Å². The smallest absolute Gasteiger partial charge is 0.330 e. The number of carbonyl (C=O) groups excluding carboxylic acids is 1. The summed E-state index contributed by atoms with van der Waals surface area (Å²) in [6.45, 7) is 4.42. The van der Waals surface area contributed by atoms with Crippen LogP contribution in [0.15, 0.2) is 12.7 Å². The van der Waals surface area contributed by atoms with Crippen LogP contribution in [0.25, 0.3) is 0 Å². The first-order valence-electron chi connectivity index (χ1n) is 8.21. The number of fused-ring (bicyclic) bond motifs is 2. The van der Waals surface area contributed by atoms with Gasteiger partial charge in [-0.05, 0) is 37.5 Å². The highest BCUT2D eigenvalue weighted by Crippen LogP contribution is 2.73. The number of hydrogen-bond donors (Lipinski definition) is 0. The largest absolute Gasteiger partial charge is 0.453 e. The van der Waals surface area contributed by atoms with Crippen molar-refractivity contribution in [1.82, 2.24) is 0 Å². The highest BCUT2D eigenvalue weighted by molar-refractivity contribution is 5.82. The maximum atomic E-state index is 11.9. The van der Waals surface area contributed by atoms with Gasteiger partial charge in [0, 0.05) is 24.5 Å². The van der Waals surface area contributed by atoms with E-state index < -0.39 is 0 Å². The minimum absolute atomic E-state index is 0.129. The van der Waals surface area contributed by atoms with Crippen LogP contribution < -0.4 is 0 Å². The Labute approximate surface area is 120 Å². The Morgan fingerprint density at radius 3 is 2.80 bits per heavy atom. The Balaban J connectivity index is 1.77. The molecule has 3 nitrogen and oxygen atoms in total. The molecule has 0 amide bonds. The molecule has 110 valence electrons. The van der Waals surface area contributed by atoms with Crippen LogP contribution in [-0.2, 0) is 14.3 Å². The summed E-state index contributed by atoms with van der Waals surface area (Å²) in [7, 11) is 0. The molecule has 1 heterocycles. The van der Waals surface area contributed by atoms with Gasteiger partial charge in [-0.3, -0.25) is 0 Å². The number of hydrogen-bond acceptors (Lipinski definition) is 3. The summed E-state index contributed by atoms with van der Waals surface area (Å²) in [6, 6.07) is 0. The van der Waals surface area contributed by atoms with E-state index in [-0.39, 0.29) is 17.7 Å². The summed E-state index contributed by atoms with van der Waals surface area (Å²) in [6.07, 6.45) is 11.3. The molecule has 0 aromatic rings. The monoisotopic (exact) mass is 276 g/mol. The molecular weight excluding hydrogens is 252 g/mol. The minimum atomic E-state index is -0.319. The van der Waals surface area contributed by atoms with Crippen molar-refractivity contribution in [1.29, 1.82) is 0 Å². The van der Waals surface area contributed by atoms with Crippen molar-refractivity contribution in [2.24, 2.45) is 17.3 Å². The quantitative estimate of drug-likeness (QED) is 0.574. The van der Waals surface area contributed by atoms with Crippen LogP contribution in [0.5, 0.6) is 0 Å². The average Bonchev–Trinajstić information content (AvgIpc) is 2.63. The van der Waals surface area contributed by atoms with E-state index in [1.54, 1.807) is 0 Å². The summed E-state index contributed by atoms with van der Waals surface area (Å²) < 4.78 is 12.1. The Morgan fingerprint density at radius 2 is 1.95 bits per heavy atom. The molecule has 0 aromatic heterocycles. The summed E-state index contributed by atoms with van der Waals surface area (Å²) >= 11 is 0. The molecule has 0 aromatic carbocycles. The maximum Gasteiger partial charge on any atom is 0.330 e. The maximum absolute atomic E-state index is 11.9. The van der Waals surface area contributed by atoms with Crippen LogP contribution in [0.4, 0.5) is 0 Å². The van der Waals surface area contributed by atoms with Crippen molar-refractivity contribution in [2.45, 2.75) is 63.1 Å². The van der Waals surface area contributed by atoms with E-state index in [1.807, 2.05) is 0 Å². The normalized spacial score (nSPS) is 49.3. The Bertz CT molecular complexity index is 432. The van der Waals surface area contributed by atoms with Gasteiger partial charge in [-0.15, -0.1) is 0 Å². The Hall–Kier alpha value is -0.830. The first-order valence-corrected chi connectivity index (χ1v) is 8.21. The van der Waals surface area contributed by atoms with Gasteiger partial charge in [0.15, 0.2) is 0 Å². The molecule has 1 aliphatic heterocycles. The van der Waals surface area contributed by atoms with Crippen molar-refractivity contribution in [3.8, 4) is 0 Å². The van der Waals surface area contributed by atoms with Gasteiger partial charge in [-0.1, -0.05) is 25.8 Å². The molecular formula is C17H24O3. The fourth-order valence-corrected chi connectivity index (χ4v) is 6.20. The molecule has 4 saturated carbocycles. The first kappa shape index (κ1) is 12.9. The standard InChI is InChI=1S/C17H24O3/c1-2-15(18)20-17-12-6-3-4-9-16(12)10-5-7-14(17)19-11-8-13(16)17/h2,12-14H,1,3-11H2. The second kappa shape index (κ2) is 4.33. The third-order valence-electron chi connectivity index (χ3n) is 6.64. The van der Waals surface area contributed by atoms with Crippen LogP contribution >= 0.6 is 0 Å². The summed E-state index contributed by atoms with van der Waals surface area (Å²) in [4.78, 5) is 11.9. The minimum Gasteiger partial charge on any atom is -0.453 e. The summed E-state index contributed by atoms with van der Waals surface area (Å²) in [5.41, 5.74) is 0.138. The molecule has 5 rings (SSSR count). The molecule has 0 radical (unpaired) electrons. The molecule has 5 unspecified atom stereocenters. The summed E-state index contributed by atoms with van der Waals surface area (Å²) in [5, 5.41) is 0. The van der Waals surface area contributed by atoms with E-state index in [2.05, 4.69) is 6.58 Å². The summed E-state index contributed by atoms with van der Waals surface area (Å²) in [5.74, 6) is 0.808. The lowest BCUT2D eigenvalue weighted by Crippen LogP contribution is -2.76. The van der Waals surface area contributed by atoms with Gasteiger partial charge in [0.05, 0.1) is 6.10 Å². The molecule has 0 N–H and O–H groups in total. The molecule has 5 aliphatic rings. The van der Waals surface area contributed by atoms with Crippen molar-refractivity contribution < 1.29 is 14.3 Å². The Kier molecular flexibility index (Phi) is 2.79. The molecule has 1 saturated heterocycles. The molecule has 5 fully saturated rings. The van der Waals surface area contributed by atoms with E-state index in [0.717, 1.165) is 19.4 Å². The average molecular weight is 276 g/mol. The van der Waals surface area contributed by atoms with Crippen molar-refractivity contribution in [2.75, 3.05) is 6.61 Å². The van der Waals surface area contributed by atoms with Crippen molar-refractivity contribution in [3.05, 3.63) is 12.7 Å². The number of esters is 1. The second-order valence-corrected chi connectivity index (χ2v) is 7.10. The van der Waals surface area contributed by atoms with Crippen molar-refractivity contribution in [3.63, 3.8) is 0 Å². The van der Waals surface area contributed by atoms with Gasteiger partial charge < -0.3 is 9.47 Å². The first-order chi connectivity index (χ1) is 9.74. The predicted molar refractivity (Wildman–Crippen MR) is 75.1 cm³/mol. The van der Waals surface area contributed by atoms with Crippen LogP contribution in [0.2, 0.25) is 0 Å². The zero-order chi connectivity index (χ0) is 13.8. The third kappa shape index (κ3) is 1.37. The van der Waals surface area contributed by atoms with Gasteiger partial charge in [-0.25, -0.2) is 4.79 Å². The molecule has 4 bridgehead atoms. The van der Waals surface area contributed by atoms with Crippen LogP contribution in [0, 0.1) is 17.3 Å². The number of rotatable bonds is 2. The van der Waals surface area contributed by atoms with Crippen LogP contribution in [0.1, 0.15) is 51.4 Å². The molecule has 1 spiro atoms. The Morgan fingerprint density at radius 1 is 1.15 bits per heavy atom. The number of ether oxygens (including phenoxy) is 2. The third-order valence-corrected chi connectivity index (χ3v) is 6.64. The van der Waals surface area contributed by atoms with Crippen LogP contribution in [0.3, 0.4) is 0 Å². The molecule has 20 heavy (non-hydrogen) atoms. The van der Waals surface area contributed by atoms with Gasteiger partial charge in [0.2, 0.25) is 0 Å². The highest BCUT2D eigenvalue weighted by Gasteiger charge is 2.76. The fourth-order valence-electron chi connectivity index (χ4n) is 6.20. The lowest BCUT2D eigenvalue weighted by molar-refractivity contribution is -0.332. The van der Waals surface area contributed by atoms with Gasteiger partial charge >= 0.3 is 5.97 Å². The van der Waals surface area contributed by atoms with Crippen molar-refractivity contribution >= 4 is 5.97 Å². The zero-order valence-corrected chi connectivity index (χ0v) is 12.1. The van der Waals surface area contributed by atoms with Gasteiger partial charge in [0.25, 0.3) is 0 Å².